The van der Waals surface area contributed by atoms with E-state index in [9.17, 15) is 14.4 Å². The molecular formula is C21H24ClFN4O2. The van der Waals surface area contributed by atoms with E-state index in [4.69, 9.17) is 5.73 Å². The molecule has 8 heteroatoms. The summed E-state index contributed by atoms with van der Waals surface area (Å²) in [5.74, 6) is -0.237. The number of aromatic nitrogens is 2. The zero-order valence-electron chi connectivity index (χ0n) is 16.4. The topological polar surface area (TPSA) is 95.0 Å². The van der Waals surface area contributed by atoms with Crippen LogP contribution in [-0.4, -0.2) is 10.9 Å². The minimum atomic E-state index is -0.751. The van der Waals surface area contributed by atoms with Crippen LogP contribution in [0.3, 0.4) is 0 Å². The van der Waals surface area contributed by atoms with Crippen LogP contribution in [-0.2, 0) is 4.79 Å². The van der Waals surface area contributed by atoms with Gasteiger partial charge in [0.05, 0.1) is 11.3 Å². The van der Waals surface area contributed by atoms with Crippen molar-refractivity contribution in [3.8, 4) is 11.1 Å². The smallest absolute Gasteiger partial charge is 0.272 e. The van der Waals surface area contributed by atoms with Crippen LogP contribution in [0.25, 0.3) is 11.1 Å². The van der Waals surface area contributed by atoms with Gasteiger partial charge in [-0.25, -0.2) is 4.98 Å². The van der Waals surface area contributed by atoms with Gasteiger partial charge in [0.1, 0.15) is 5.82 Å². The van der Waals surface area contributed by atoms with Gasteiger partial charge in [-0.1, -0.05) is 0 Å². The zero-order chi connectivity index (χ0) is 20.0. The molecule has 0 unspecified atom stereocenters. The van der Waals surface area contributed by atoms with E-state index in [1.807, 2.05) is 0 Å². The third-order valence-corrected chi connectivity index (χ3v) is 5.38. The predicted octanol–water partition coefficient (Wildman–Crippen LogP) is 3.53. The molecular weight excluding hydrogens is 395 g/mol. The summed E-state index contributed by atoms with van der Waals surface area (Å²) in [7, 11) is 0. The molecule has 29 heavy (non-hydrogen) atoms. The Hall–Kier alpha value is -2.67. The lowest BCUT2D eigenvalue weighted by molar-refractivity contribution is -0.612. The fourth-order valence-electron chi connectivity index (χ4n) is 3.62. The lowest BCUT2D eigenvalue weighted by atomic mass is 10.0. The Balaban J connectivity index is 0.00000240. The van der Waals surface area contributed by atoms with Crippen molar-refractivity contribution in [2.45, 2.75) is 39.5 Å². The number of halogens is 2. The molecule has 0 bridgehead atoms. The first kappa shape index (κ1) is 21.0. The number of anilines is 1. The molecule has 0 aliphatic heterocycles. The summed E-state index contributed by atoms with van der Waals surface area (Å²) in [6.07, 6.45) is 5.76. The summed E-state index contributed by atoms with van der Waals surface area (Å²) >= 11 is 0. The number of nitrogens with one attached hydrogen (secondary N) is 1. The molecule has 2 aliphatic rings. The molecule has 2 aliphatic carbocycles. The number of carbonyl (C=O) groups excluding carboxylic acids is 1. The Morgan fingerprint density at radius 2 is 1.83 bits per heavy atom. The van der Waals surface area contributed by atoms with Gasteiger partial charge >= 0.3 is 0 Å². The van der Waals surface area contributed by atoms with Crippen molar-refractivity contribution in [3.63, 3.8) is 0 Å². The van der Waals surface area contributed by atoms with Crippen molar-refractivity contribution in [2.75, 3.05) is 5.32 Å². The number of nitrogens with two attached hydrogens (primary N) is 1. The highest BCUT2D eigenvalue weighted by Gasteiger charge is 2.39. The monoisotopic (exact) mass is 418 g/mol. The van der Waals surface area contributed by atoms with Crippen LogP contribution in [0.2, 0.25) is 0 Å². The number of amides is 1. The number of nitrogens with zero attached hydrogens (tertiary/aromatic N) is 2. The molecule has 2 fully saturated rings. The quantitative estimate of drug-likeness (QED) is 0.336. The maximum Gasteiger partial charge on any atom is 0.272 e. The maximum atomic E-state index is 14.6. The summed E-state index contributed by atoms with van der Waals surface area (Å²) < 4.78 is 15.4. The van der Waals surface area contributed by atoms with Gasteiger partial charge < -0.3 is 16.3 Å². The van der Waals surface area contributed by atoms with Crippen molar-refractivity contribution in [3.05, 3.63) is 58.1 Å². The molecule has 2 heterocycles. The molecule has 0 radical (unpaired) electrons. The van der Waals surface area contributed by atoms with E-state index in [1.54, 1.807) is 19.9 Å². The molecule has 4 rings (SSSR count). The molecule has 0 saturated heterocycles. The van der Waals surface area contributed by atoms with Crippen molar-refractivity contribution in [1.29, 1.82) is 0 Å². The summed E-state index contributed by atoms with van der Waals surface area (Å²) in [5, 5.41) is 14.5. The Morgan fingerprint density at radius 3 is 2.38 bits per heavy atom. The highest BCUT2D eigenvalue weighted by molar-refractivity contribution is 6.03. The normalized spacial score (nSPS) is 15.4. The van der Waals surface area contributed by atoms with Crippen LogP contribution in [0.4, 0.5) is 10.2 Å². The predicted molar refractivity (Wildman–Crippen MR) is 111 cm³/mol. The fraction of sp³-hybridized carbons (Fsp3) is 0.381. The third kappa shape index (κ3) is 4.34. The fourth-order valence-corrected chi connectivity index (χ4v) is 3.62. The average Bonchev–Trinajstić information content (AvgIpc) is 3.53. The summed E-state index contributed by atoms with van der Waals surface area (Å²) in [4.78, 5) is 16.4. The average molecular weight is 419 g/mol. The molecule has 1 amide bonds. The van der Waals surface area contributed by atoms with E-state index >= 15 is 0 Å². The van der Waals surface area contributed by atoms with Crippen LogP contribution in [0.5, 0.6) is 0 Å². The number of hydrogen-bond acceptors (Lipinski definition) is 4. The van der Waals surface area contributed by atoms with E-state index < -0.39 is 11.9 Å². The SMILES string of the molecule is Cc1cc(-c2ccc(NC(=O)C(N)=C(C3CC3)C3CC3)nc2F)c(C)[n+]([O-])c1.Cl. The Labute approximate surface area is 175 Å². The molecule has 6 nitrogen and oxygen atoms in total. The number of pyridine rings is 2. The first-order valence-corrected chi connectivity index (χ1v) is 9.53. The van der Waals surface area contributed by atoms with Gasteiger partial charge in [-0.3, -0.25) is 4.79 Å². The number of rotatable bonds is 5. The van der Waals surface area contributed by atoms with E-state index in [0.717, 1.165) is 36.8 Å². The molecule has 3 N–H and O–H groups in total. The highest BCUT2D eigenvalue weighted by Crippen LogP contribution is 2.49. The largest absolute Gasteiger partial charge is 0.618 e. The lowest BCUT2D eigenvalue weighted by Gasteiger charge is -2.12. The highest BCUT2D eigenvalue weighted by atomic mass is 35.5. The molecule has 2 aromatic rings. The second kappa shape index (κ2) is 7.99. The van der Waals surface area contributed by atoms with Crippen LogP contribution in [0.15, 0.2) is 35.7 Å². The molecule has 0 atom stereocenters. The van der Waals surface area contributed by atoms with Gasteiger partial charge in [-0.15, -0.1) is 12.4 Å². The minimum Gasteiger partial charge on any atom is -0.618 e. The van der Waals surface area contributed by atoms with Gasteiger partial charge in [-0.05, 0) is 68.2 Å². The maximum absolute atomic E-state index is 14.6. The van der Waals surface area contributed by atoms with E-state index in [2.05, 4.69) is 10.3 Å². The standard InChI is InChI=1S/C21H23FN4O2.ClH/c1-11-9-16(12(2)26(28)10-11)15-7-8-17(24-20(15)22)25-21(27)19(23)18(13-3-4-13)14-5-6-14;/h7-10,13-14H,3-6,23H2,1-2H3,(H,24,25,27);1H. The van der Waals surface area contributed by atoms with E-state index in [-0.39, 0.29) is 29.5 Å². The summed E-state index contributed by atoms with van der Waals surface area (Å²) in [6.45, 7) is 3.39. The number of aryl methyl sites for hydroxylation is 1. The second-order valence-corrected chi connectivity index (χ2v) is 7.75. The van der Waals surface area contributed by atoms with E-state index in [1.165, 1.54) is 18.3 Å². The van der Waals surface area contributed by atoms with Crippen LogP contribution in [0.1, 0.15) is 36.9 Å². The van der Waals surface area contributed by atoms with Gasteiger partial charge in [0.25, 0.3) is 5.91 Å². The number of carbonyl (C=O) groups is 1. The van der Waals surface area contributed by atoms with Crippen LogP contribution >= 0.6 is 12.4 Å². The van der Waals surface area contributed by atoms with Crippen LogP contribution < -0.4 is 15.8 Å². The van der Waals surface area contributed by atoms with Gasteiger partial charge in [0.2, 0.25) is 5.95 Å². The van der Waals surface area contributed by atoms with Crippen molar-refractivity contribution >= 4 is 24.1 Å². The lowest BCUT2D eigenvalue weighted by Crippen LogP contribution is -2.30. The molecule has 154 valence electrons. The van der Waals surface area contributed by atoms with Crippen molar-refractivity contribution in [1.82, 2.24) is 4.98 Å². The van der Waals surface area contributed by atoms with Gasteiger partial charge in [0.15, 0.2) is 11.9 Å². The Kier molecular flexibility index (Phi) is 5.80. The Morgan fingerprint density at radius 1 is 1.21 bits per heavy atom. The van der Waals surface area contributed by atoms with Crippen molar-refractivity contribution in [2.24, 2.45) is 17.6 Å². The van der Waals surface area contributed by atoms with Gasteiger partial charge in [-0.2, -0.15) is 9.12 Å². The second-order valence-electron chi connectivity index (χ2n) is 7.75. The van der Waals surface area contributed by atoms with Crippen LogP contribution in [0, 0.1) is 36.8 Å². The molecule has 2 aromatic heterocycles. The minimum absolute atomic E-state index is 0. The molecule has 0 aromatic carbocycles. The summed E-state index contributed by atoms with van der Waals surface area (Å²) in [5.41, 5.74) is 9.21. The third-order valence-electron chi connectivity index (χ3n) is 5.38. The van der Waals surface area contributed by atoms with Crippen molar-refractivity contribution < 1.29 is 13.9 Å². The number of hydrogen-bond donors (Lipinski definition) is 2. The first-order chi connectivity index (χ1) is 13.3. The number of allylic oxidation sites excluding steroid dienone is 1. The first-order valence-electron chi connectivity index (χ1n) is 9.53. The van der Waals surface area contributed by atoms with E-state index in [0.29, 0.717) is 27.8 Å². The Bertz CT molecular complexity index is 986. The molecule has 0 spiro atoms. The van der Waals surface area contributed by atoms with Gasteiger partial charge in [0, 0.05) is 18.1 Å². The summed E-state index contributed by atoms with van der Waals surface area (Å²) in [6, 6.07) is 4.77. The molecule has 2 saturated carbocycles. The zero-order valence-corrected chi connectivity index (χ0v) is 17.2.